The summed E-state index contributed by atoms with van der Waals surface area (Å²) in [7, 11) is -3.60. The first kappa shape index (κ1) is 24.8. The van der Waals surface area contributed by atoms with Crippen LogP contribution < -0.4 is 9.62 Å². The molecule has 2 aromatic carbocycles. The Labute approximate surface area is 205 Å². The predicted octanol–water partition coefficient (Wildman–Crippen LogP) is 5.57. The molecule has 170 valence electrons. The van der Waals surface area contributed by atoms with Crippen molar-refractivity contribution in [1.82, 2.24) is 10.2 Å². The van der Waals surface area contributed by atoms with Crippen molar-refractivity contribution >= 4 is 73.0 Å². The monoisotopic (exact) mass is 530 g/mol. The maximum Gasteiger partial charge on any atom is 0.257 e. The minimum atomic E-state index is -3.60. The molecule has 0 atom stereocenters. The second kappa shape index (κ2) is 10.8. The third-order valence-electron chi connectivity index (χ3n) is 4.13. The van der Waals surface area contributed by atoms with Crippen molar-refractivity contribution in [3.63, 3.8) is 0 Å². The summed E-state index contributed by atoms with van der Waals surface area (Å²) < 4.78 is 26.7. The second-order valence-corrected chi connectivity index (χ2v) is 11.9. The zero-order valence-corrected chi connectivity index (χ0v) is 21.2. The standard InChI is InChI=1S/C20H20Cl2N4O3S3/c1-3-8-30-20-25-24-19(31-20)23-18(27)14-6-4-13(5-7-14)12-26(32(2,28)29)17-10-15(21)9-16(22)11-17/h4-7,9-11H,3,8,12H2,1-2H3,(H,23,24,27). The van der Waals surface area contributed by atoms with E-state index >= 15 is 0 Å². The molecule has 12 heteroatoms. The summed E-state index contributed by atoms with van der Waals surface area (Å²) in [5.74, 6) is 0.622. The summed E-state index contributed by atoms with van der Waals surface area (Å²) in [5.41, 5.74) is 1.47. The number of benzene rings is 2. The van der Waals surface area contributed by atoms with E-state index in [4.69, 9.17) is 23.2 Å². The maximum absolute atomic E-state index is 12.5. The Bertz CT molecular complexity index is 1180. The lowest BCUT2D eigenvalue weighted by Gasteiger charge is -2.23. The quantitative estimate of drug-likeness (QED) is 0.287. The first-order valence-electron chi connectivity index (χ1n) is 9.46. The van der Waals surface area contributed by atoms with Gasteiger partial charge in [-0.15, -0.1) is 10.2 Å². The van der Waals surface area contributed by atoms with Gasteiger partial charge >= 0.3 is 0 Å². The first-order chi connectivity index (χ1) is 15.2. The van der Waals surface area contributed by atoms with Gasteiger partial charge in [0.2, 0.25) is 15.2 Å². The fourth-order valence-corrected chi connectivity index (χ4v) is 5.75. The fourth-order valence-electron chi connectivity index (χ4n) is 2.69. The molecule has 1 heterocycles. The molecule has 1 aromatic heterocycles. The molecule has 0 spiro atoms. The molecule has 0 radical (unpaired) electrons. The molecule has 0 aliphatic heterocycles. The number of amides is 1. The lowest BCUT2D eigenvalue weighted by atomic mass is 10.1. The minimum Gasteiger partial charge on any atom is -0.296 e. The van der Waals surface area contributed by atoms with Crippen LogP contribution in [0, 0.1) is 0 Å². The van der Waals surface area contributed by atoms with Crippen molar-refractivity contribution in [1.29, 1.82) is 0 Å². The Hall–Kier alpha value is -1.85. The normalized spacial score (nSPS) is 11.4. The summed E-state index contributed by atoms with van der Waals surface area (Å²) in [5, 5.41) is 11.9. The highest BCUT2D eigenvalue weighted by Gasteiger charge is 2.19. The number of anilines is 2. The number of nitrogens with one attached hydrogen (secondary N) is 1. The summed E-state index contributed by atoms with van der Waals surface area (Å²) in [6, 6.07) is 11.2. The summed E-state index contributed by atoms with van der Waals surface area (Å²) in [6.07, 6.45) is 2.14. The number of thioether (sulfide) groups is 1. The SMILES string of the molecule is CCCSc1nnc(NC(=O)c2ccc(CN(c3cc(Cl)cc(Cl)c3)S(C)(=O)=O)cc2)s1. The van der Waals surface area contributed by atoms with Crippen LogP contribution in [0.25, 0.3) is 0 Å². The van der Waals surface area contributed by atoms with Crippen LogP contribution in [-0.2, 0) is 16.6 Å². The molecule has 7 nitrogen and oxygen atoms in total. The van der Waals surface area contributed by atoms with E-state index in [1.54, 1.807) is 36.0 Å². The lowest BCUT2D eigenvalue weighted by Crippen LogP contribution is -2.29. The highest BCUT2D eigenvalue weighted by molar-refractivity contribution is 8.01. The van der Waals surface area contributed by atoms with Gasteiger partial charge in [0, 0.05) is 21.4 Å². The lowest BCUT2D eigenvalue weighted by molar-refractivity contribution is 0.102. The van der Waals surface area contributed by atoms with Crippen molar-refractivity contribution in [3.05, 3.63) is 63.6 Å². The number of carbonyl (C=O) groups is 1. The van der Waals surface area contributed by atoms with Crippen molar-refractivity contribution in [2.24, 2.45) is 0 Å². The van der Waals surface area contributed by atoms with Crippen LogP contribution in [0.4, 0.5) is 10.8 Å². The van der Waals surface area contributed by atoms with Crippen LogP contribution in [0.3, 0.4) is 0 Å². The van der Waals surface area contributed by atoms with Crippen LogP contribution in [0.5, 0.6) is 0 Å². The first-order valence-corrected chi connectivity index (χ1v) is 13.9. The average molecular weight is 532 g/mol. The maximum atomic E-state index is 12.5. The van der Waals surface area contributed by atoms with Gasteiger partial charge in [-0.2, -0.15) is 0 Å². The van der Waals surface area contributed by atoms with E-state index in [1.165, 1.54) is 33.8 Å². The Balaban J connectivity index is 1.72. The number of hydrogen-bond acceptors (Lipinski definition) is 7. The van der Waals surface area contributed by atoms with Crippen LogP contribution in [0.1, 0.15) is 29.3 Å². The van der Waals surface area contributed by atoms with Gasteiger partial charge in [0.25, 0.3) is 5.91 Å². The Morgan fingerprint density at radius 1 is 1.12 bits per heavy atom. The van der Waals surface area contributed by atoms with Crippen LogP contribution in [0.15, 0.2) is 46.8 Å². The van der Waals surface area contributed by atoms with Gasteiger partial charge in [0.15, 0.2) is 4.34 Å². The van der Waals surface area contributed by atoms with E-state index in [2.05, 4.69) is 22.4 Å². The molecule has 1 N–H and O–H groups in total. The van der Waals surface area contributed by atoms with E-state index in [1.807, 2.05) is 0 Å². The molecule has 0 fully saturated rings. The molecule has 0 aliphatic rings. The van der Waals surface area contributed by atoms with Crippen molar-refractivity contribution in [2.45, 2.75) is 24.2 Å². The predicted molar refractivity (Wildman–Crippen MR) is 133 cm³/mol. The van der Waals surface area contributed by atoms with Crippen LogP contribution in [0.2, 0.25) is 10.0 Å². The Kier molecular flexibility index (Phi) is 8.40. The molecule has 0 aliphatic carbocycles. The van der Waals surface area contributed by atoms with Gasteiger partial charge in [-0.05, 0) is 42.3 Å². The largest absolute Gasteiger partial charge is 0.296 e. The van der Waals surface area contributed by atoms with Gasteiger partial charge in [0.1, 0.15) is 0 Å². The third kappa shape index (κ3) is 6.82. The minimum absolute atomic E-state index is 0.0613. The fraction of sp³-hybridized carbons (Fsp3) is 0.250. The molecular formula is C20H20Cl2N4O3S3. The molecule has 0 saturated heterocycles. The number of halogens is 2. The number of sulfonamides is 1. The third-order valence-corrected chi connectivity index (χ3v) is 7.89. The highest BCUT2D eigenvalue weighted by Crippen LogP contribution is 2.29. The topological polar surface area (TPSA) is 92.3 Å². The number of hydrogen-bond donors (Lipinski definition) is 1. The second-order valence-electron chi connectivity index (χ2n) is 6.77. The Morgan fingerprint density at radius 2 is 1.78 bits per heavy atom. The smallest absolute Gasteiger partial charge is 0.257 e. The number of aromatic nitrogens is 2. The van der Waals surface area contributed by atoms with E-state index < -0.39 is 10.0 Å². The zero-order chi connectivity index (χ0) is 23.3. The van der Waals surface area contributed by atoms with Crippen LogP contribution in [-0.4, -0.2) is 36.5 Å². The van der Waals surface area contributed by atoms with Gasteiger partial charge in [0.05, 0.1) is 18.5 Å². The molecule has 0 unspecified atom stereocenters. The molecule has 32 heavy (non-hydrogen) atoms. The molecule has 3 aromatic rings. The highest BCUT2D eigenvalue weighted by atomic mass is 35.5. The van der Waals surface area contributed by atoms with Gasteiger partial charge < -0.3 is 0 Å². The van der Waals surface area contributed by atoms with Crippen LogP contribution >= 0.6 is 46.3 Å². The molecular weight excluding hydrogens is 511 g/mol. The number of carbonyl (C=O) groups excluding carboxylic acids is 1. The van der Waals surface area contributed by atoms with Crippen molar-refractivity contribution in [3.8, 4) is 0 Å². The van der Waals surface area contributed by atoms with Gasteiger partial charge in [-0.25, -0.2) is 8.42 Å². The van der Waals surface area contributed by atoms with E-state index in [-0.39, 0.29) is 12.5 Å². The average Bonchev–Trinajstić information content (AvgIpc) is 3.16. The molecule has 3 rings (SSSR count). The molecule has 1 amide bonds. The van der Waals surface area contributed by atoms with Gasteiger partial charge in [-0.3, -0.25) is 14.4 Å². The molecule has 0 saturated carbocycles. The number of rotatable bonds is 9. The van der Waals surface area contributed by atoms with E-state index in [9.17, 15) is 13.2 Å². The Morgan fingerprint density at radius 3 is 2.38 bits per heavy atom. The van der Waals surface area contributed by atoms with Crippen molar-refractivity contribution in [2.75, 3.05) is 21.6 Å². The zero-order valence-electron chi connectivity index (χ0n) is 17.2. The summed E-state index contributed by atoms with van der Waals surface area (Å²) >= 11 is 15.0. The van der Waals surface area contributed by atoms with Gasteiger partial charge in [-0.1, -0.05) is 65.4 Å². The molecule has 0 bridgehead atoms. The van der Waals surface area contributed by atoms with E-state index in [0.717, 1.165) is 22.8 Å². The van der Waals surface area contributed by atoms with E-state index in [0.29, 0.717) is 32.0 Å². The summed E-state index contributed by atoms with van der Waals surface area (Å²) in [6.45, 7) is 2.14. The number of nitrogens with zero attached hydrogens (tertiary/aromatic N) is 3. The summed E-state index contributed by atoms with van der Waals surface area (Å²) in [4.78, 5) is 12.5. The van der Waals surface area contributed by atoms with Crippen molar-refractivity contribution < 1.29 is 13.2 Å².